The summed E-state index contributed by atoms with van der Waals surface area (Å²) < 4.78 is 22.8. The zero-order valence-electron chi connectivity index (χ0n) is 40.5. The quantitative estimate of drug-likeness (QED) is 0.0291. The van der Waals surface area contributed by atoms with Crippen molar-refractivity contribution in [3.63, 3.8) is 0 Å². The number of carbonyl (C=O) groups is 6. The molecule has 3 aromatic rings. The number of epoxide rings is 1. The minimum absolute atomic E-state index is 0.00258. The van der Waals surface area contributed by atoms with E-state index in [1.165, 1.54) is 0 Å². The third-order valence-corrected chi connectivity index (χ3v) is 12.2. The van der Waals surface area contributed by atoms with Gasteiger partial charge in [-0.1, -0.05) is 101 Å². The molecule has 2 aliphatic rings. The number of quaternary nitrogens is 1. The van der Waals surface area contributed by atoms with Gasteiger partial charge in [0.05, 0.1) is 25.9 Å². The van der Waals surface area contributed by atoms with Crippen LogP contribution >= 0.6 is 0 Å². The summed E-state index contributed by atoms with van der Waals surface area (Å²) in [6.07, 6.45) is 7.18. The standard InChI is InChI=1S/C53H69N5O10/c1-8-26-66-46-32-41(68-48(60)9-2)22-21-40(46)33-58(24-27-65-28-25-58)34-47(59)54-42(23-20-38-16-12-10-13-17-38)50(62)56-44(30-37(5)6)51(63)57-45(31-39-18-14-11-15-19-39)52(64)55-43(29-36(3)4)49(61)53(7)35-67-53/h1,10-19,21-22,32,36-37,42-45H,9,20,23-31,33-35H2,2-7H3,(H3-,54,55,56,57,59,62,63,64)/p+1/t42-,43-,44-,45-,53+/m0/s1. The molecule has 366 valence electrons. The molecule has 0 spiro atoms. The van der Waals surface area contributed by atoms with E-state index in [1.807, 2.05) is 88.4 Å². The van der Waals surface area contributed by atoms with Crippen LogP contribution in [0, 0.1) is 24.2 Å². The molecular formula is C53H70N5O10+. The van der Waals surface area contributed by atoms with E-state index in [2.05, 4.69) is 27.2 Å². The number of hydrogen-bond donors (Lipinski definition) is 4. The summed E-state index contributed by atoms with van der Waals surface area (Å²) in [5, 5.41) is 11.8. The molecular weight excluding hydrogens is 867 g/mol. The number of hydrogen-bond acceptors (Lipinski definition) is 10. The number of amides is 4. The molecule has 0 aromatic heterocycles. The van der Waals surface area contributed by atoms with Gasteiger partial charge in [-0.3, -0.25) is 28.8 Å². The smallest absolute Gasteiger partial charge is 0.310 e. The number of ketones is 1. The zero-order chi connectivity index (χ0) is 49.3. The Morgan fingerprint density at radius 2 is 1.34 bits per heavy atom. The van der Waals surface area contributed by atoms with Crippen LogP contribution in [0.4, 0.5) is 0 Å². The van der Waals surface area contributed by atoms with E-state index in [9.17, 15) is 28.8 Å². The molecule has 0 bridgehead atoms. The third-order valence-electron chi connectivity index (χ3n) is 12.2. The zero-order valence-corrected chi connectivity index (χ0v) is 40.5. The van der Waals surface area contributed by atoms with Gasteiger partial charge in [0, 0.05) is 24.5 Å². The monoisotopic (exact) mass is 937 g/mol. The molecule has 4 amide bonds. The Labute approximate surface area is 401 Å². The van der Waals surface area contributed by atoms with Crippen molar-refractivity contribution in [3.8, 4) is 23.8 Å². The SMILES string of the molecule is C#CCOc1cc(OC(=O)CC)ccc1C[N+]1(CC(=O)N[C@@H](CCc2ccccc2)C(=O)N[C@@H](CC(C)C)C(=O)N[C@@H](Cc2ccccc2)C(=O)N[C@@H](CC(C)C)C(=O)[C@@]2(C)CO2)CCOCC1. The first-order valence-electron chi connectivity index (χ1n) is 23.8. The van der Waals surface area contributed by atoms with Crippen molar-refractivity contribution < 1.29 is 52.2 Å². The molecule has 68 heavy (non-hydrogen) atoms. The van der Waals surface area contributed by atoms with Gasteiger partial charge in [-0.25, -0.2) is 0 Å². The third kappa shape index (κ3) is 16.3. The summed E-state index contributed by atoms with van der Waals surface area (Å²) in [5.74, 6) is 0.610. The number of nitrogens with zero attached hydrogens (tertiary/aromatic N) is 1. The van der Waals surface area contributed by atoms with Crippen LogP contribution in [0.5, 0.6) is 11.5 Å². The molecule has 0 radical (unpaired) electrons. The Kier molecular flexibility index (Phi) is 19.7. The number of aryl methyl sites for hydroxylation is 1. The first-order chi connectivity index (χ1) is 32.5. The molecule has 5 atom stereocenters. The summed E-state index contributed by atoms with van der Waals surface area (Å²) >= 11 is 0. The van der Waals surface area contributed by atoms with Crippen molar-refractivity contribution in [1.29, 1.82) is 0 Å². The highest BCUT2D eigenvalue weighted by molar-refractivity contribution is 5.99. The largest absolute Gasteiger partial charge is 0.480 e. The van der Waals surface area contributed by atoms with E-state index >= 15 is 0 Å². The molecule has 0 unspecified atom stereocenters. The first kappa shape index (κ1) is 52.9. The van der Waals surface area contributed by atoms with Crippen LogP contribution in [0.3, 0.4) is 0 Å². The van der Waals surface area contributed by atoms with Crippen molar-refractivity contribution in [2.45, 2.75) is 116 Å². The average Bonchev–Trinajstić information content (AvgIpc) is 4.07. The average molecular weight is 937 g/mol. The van der Waals surface area contributed by atoms with Crippen molar-refractivity contribution in [2.24, 2.45) is 11.8 Å². The fourth-order valence-electron chi connectivity index (χ4n) is 8.32. The van der Waals surface area contributed by atoms with Crippen LogP contribution in [-0.4, -0.2) is 116 Å². The molecule has 15 nitrogen and oxygen atoms in total. The predicted octanol–water partition coefficient (Wildman–Crippen LogP) is 4.63. The van der Waals surface area contributed by atoms with E-state index in [4.69, 9.17) is 25.4 Å². The van der Waals surface area contributed by atoms with Crippen LogP contribution in [0.25, 0.3) is 0 Å². The second-order valence-corrected chi connectivity index (χ2v) is 19.0. The molecule has 0 saturated carbocycles. The number of rotatable bonds is 26. The number of morpholine rings is 1. The van der Waals surface area contributed by atoms with Crippen LogP contribution < -0.4 is 30.7 Å². The lowest BCUT2D eigenvalue weighted by Gasteiger charge is -2.41. The summed E-state index contributed by atoms with van der Waals surface area (Å²) in [6.45, 7) is 13.6. The Morgan fingerprint density at radius 1 is 0.765 bits per heavy atom. The van der Waals surface area contributed by atoms with Gasteiger partial charge in [0.2, 0.25) is 17.7 Å². The van der Waals surface area contributed by atoms with Gasteiger partial charge in [-0.2, -0.15) is 0 Å². The van der Waals surface area contributed by atoms with Crippen LogP contribution in [0.2, 0.25) is 0 Å². The van der Waals surface area contributed by atoms with E-state index < -0.39 is 53.5 Å². The Morgan fingerprint density at radius 3 is 1.94 bits per heavy atom. The van der Waals surface area contributed by atoms with E-state index in [1.54, 1.807) is 32.0 Å². The van der Waals surface area contributed by atoms with Crippen LogP contribution in [-0.2, 0) is 57.6 Å². The van der Waals surface area contributed by atoms with E-state index in [-0.39, 0.29) is 73.5 Å². The van der Waals surface area contributed by atoms with Crippen LogP contribution in [0.15, 0.2) is 78.9 Å². The normalized spacial score (nSPS) is 17.9. The topological polar surface area (TPSA) is 191 Å². The number of Topliss-reactive ketones (excluding diaryl/α,β-unsaturated/α-hetero) is 1. The molecule has 2 saturated heterocycles. The molecule has 2 fully saturated rings. The van der Waals surface area contributed by atoms with Gasteiger partial charge in [0.15, 0.2) is 12.3 Å². The van der Waals surface area contributed by atoms with Crippen molar-refractivity contribution >= 4 is 35.4 Å². The fraction of sp³-hybridized carbons (Fsp3) is 0.509. The molecule has 2 aliphatic heterocycles. The highest BCUT2D eigenvalue weighted by Crippen LogP contribution is 2.31. The Hall–Kier alpha value is -6.08. The Balaban J connectivity index is 1.37. The minimum Gasteiger partial charge on any atom is -0.480 e. The lowest BCUT2D eigenvalue weighted by molar-refractivity contribution is -0.940. The van der Waals surface area contributed by atoms with Crippen LogP contribution in [0.1, 0.15) is 83.9 Å². The molecule has 2 heterocycles. The number of terminal acetylenes is 1. The summed E-state index contributed by atoms with van der Waals surface area (Å²) in [4.78, 5) is 83.1. The van der Waals surface area contributed by atoms with Crippen molar-refractivity contribution in [3.05, 3.63) is 95.6 Å². The van der Waals surface area contributed by atoms with E-state index in [0.29, 0.717) is 57.2 Å². The maximum absolute atomic E-state index is 14.5. The summed E-state index contributed by atoms with van der Waals surface area (Å²) in [6, 6.07) is 19.9. The maximum Gasteiger partial charge on any atom is 0.310 e. The molecule has 4 N–H and O–H groups in total. The summed E-state index contributed by atoms with van der Waals surface area (Å²) in [5.41, 5.74) is 1.54. The highest BCUT2D eigenvalue weighted by atomic mass is 16.6. The molecule has 5 rings (SSSR count). The molecule has 15 heteroatoms. The first-order valence-corrected chi connectivity index (χ1v) is 23.8. The number of ether oxygens (including phenoxy) is 4. The second kappa shape index (κ2) is 25.3. The number of benzene rings is 3. The lowest BCUT2D eigenvalue weighted by Crippen LogP contribution is -2.61. The van der Waals surface area contributed by atoms with Gasteiger partial charge < -0.3 is 44.7 Å². The van der Waals surface area contributed by atoms with Crippen molar-refractivity contribution in [2.75, 3.05) is 46.1 Å². The van der Waals surface area contributed by atoms with Gasteiger partial charge >= 0.3 is 5.97 Å². The Bertz CT molecular complexity index is 2220. The number of carbonyl (C=O) groups excluding carboxylic acids is 6. The predicted molar refractivity (Wildman–Crippen MR) is 257 cm³/mol. The number of esters is 1. The number of nitrogens with one attached hydrogen (secondary N) is 4. The van der Waals surface area contributed by atoms with Crippen molar-refractivity contribution in [1.82, 2.24) is 21.3 Å². The van der Waals surface area contributed by atoms with Gasteiger partial charge in [-0.15, -0.1) is 6.42 Å². The minimum atomic E-state index is -1.09. The molecule has 3 aromatic carbocycles. The second-order valence-electron chi connectivity index (χ2n) is 19.0. The van der Waals surface area contributed by atoms with Gasteiger partial charge in [0.1, 0.15) is 61.5 Å². The maximum atomic E-state index is 14.5. The van der Waals surface area contributed by atoms with E-state index in [0.717, 1.165) is 16.7 Å². The molecule has 0 aliphatic carbocycles. The lowest BCUT2D eigenvalue weighted by atomic mass is 9.93. The summed E-state index contributed by atoms with van der Waals surface area (Å²) in [7, 11) is 0. The fourth-order valence-corrected chi connectivity index (χ4v) is 8.32. The van der Waals surface area contributed by atoms with Gasteiger partial charge in [-0.05, 0) is 67.7 Å². The van der Waals surface area contributed by atoms with Gasteiger partial charge in [0.25, 0.3) is 5.91 Å². The highest BCUT2D eigenvalue weighted by Gasteiger charge is 2.50.